The number of H-pyrrole nitrogens is 1. The maximum absolute atomic E-state index is 11.7. The quantitative estimate of drug-likeness (QED) is 0.797. The lowest BCUT2D eigenvalue weighted by atomic mass is 10.3. The number of hydrogen-bond donors (Lipinski definition) is 1. The lowest BCUT2D eigenvalue weighted by Gasteiger charge is -2.14. The van der Waals surface area contributed by atoms with Crippen molar-refractivity contribution in [1.82, 2.24) is 4.98 Å². The third kappa shape index (κ3) is 1.94. The number of nitrogens with zero attached hydrogens (tertiary/aromatic N) is 1. The monoisotopic (exact) mass is 290 g/mol. The predicted octanol–water partition coefficient (Wildman–Crippen LogP) is 1.48. The van der Waals surface area contributed by atoms with E-state index in [9.17, 15) is 9.59 Å². The zero-order valence-corrected chi connectivity index (χ0v) is 10.0. The van der Waals surface area contributed by atoms with Crippen molar-refractivity contribution in [3.63, 3.8) is 0 Å². The van der Waals surface area contributed by atoms with Crippen LogP contribution in [-0.4, -0.2) is 22.8 Å². The Balaban J connectivity index is 2.42. The van der Waals surface area contributed by atoms with E-state index in [4.69, 9.17) is 11.6 Å². The van der Waals surface area contributed by atoms with Gasteiger partial charge in [0.05, 0.1) is 9.85 Å². The summed E-state index contributed by atoms with van der Waals surface area (Å²) in [5.74, 6) is -0.112. The van der Waals surface area contributed by atoms with Gasteiger partial charge in [0.25, 0.3) is 0 Å². The molecule has 0 aromatic carbocycles. The summed E-state index contributed by atoms with van der Waals surface area (Å²) in [6.45, 7) is 0.389. The molecule has 80 valence electrons. The number of alkyl halides is 1. The third-order valence-electron chi connectivity index (χ3n) is 2.25. The first-order chi connectivity index (χ1) is 7.09. The normalized spacial score (nSPS) is 21.1. The average molecular weight is 292 g/mol. The number of hydrogen-bond acceptors (Lipinski definition) is 2. The van der Waals surface area contributed by atoms with Crippen molar-refractivity contribution in [3.8, 4) is 0 Å². The van der Waals surface area contributed by atoms with Crippen molar-refractivity contribution in [2.45, 2.75) is 11.8 Å². The largest absolute Gasteiger partial charge is 0.365 e. The molecule has 1 aromatic heterocycles. The molecule has 0 aliphatic carbocycles. The number of carbonyl (C=O) groups excluding carboxylic acids is 1. The molecule has 1 aliphatic heterocycles. The van der Waals surface area contributed by atoms with Gasteiger partial charge in [0, 0.05) is 25.4 Å². The van der Waals surface area contributed by atoms with E-state index in [2.05, 4.69) is 20.9 Å². The maximum Gasteiger partial charge on any atom is 0.228 e. The molecule has 0 radical (unpaired) electrons. The summed E-state index contributed by atoms with van der Waals surface area (Å²) in [5.41, 5.74) is 0.144. The number of amides is 1. The second kappa shape index (κ2) is 3.98. The molecular formula is C9H8BrClN2O2. The summed E-state index contributed by atoms with van der Waals surface area (Å²) >= 11 is 8.97. The Morgan fingerprint density at radius 1 is 1.47 bits per heavy atom. The average Bonchev–Trinajstić information content (AvgIpc) is 2.50. The number of aromatic amines is 1. The molecule has 15 heavy (non-hydrogen) atoms. The zero-order chi connectivity index (χ0) is 11.0. The number of carbonyl (C=O) groups is 1. The van der Waals surface area contributed by atoms with Crippen LogP contribution in [0.2, 0.25) is 0 Å². The van der Waals surface area contributed by atoms with Crippen LogP contribution < -0.4 is 10.3 Å². The fourth-order valence-corrected chi connectivity index (χ4v) is 2.15. The first-order valence-corrected chi connectivity index (χ1v) is 5.63. The SMILES string of the molecule is O=C1CC(Cl)CN1c1c[nH]cc(Br)c1=O. The van der Waals surface area contributed by atoms with Crippen LogP contribution in [0, 0.1) is 0 Å². The van der Waals surface area contributed by atoms with E-state index in [0.29, 0.717) is 16.7 Å². The minimum atomic E-state index is -0.212. The highest BCUT2D eigenvalue weighted by atomic mass is 79.9. The van der Waals surface area contributed by atoms with Crippen molar-refractivity contribution < 1.29 is 4.79 Å². The van der Waals surface area contributed by atoms with E-state index in [0.717, 1.165) is 0 Å². The molecular weight excluding hydrogens is 283 g/mol. The highest BCUT2D eigenvalue weighted by Gasteiger charge is 2.30. The van der Waals surface area contributed by atoms with Crippen LogP contribution in [0.15, 0.2) is 21.7 Å². The molecule has 1 saturated heterocycles. The minimum Gasteiger partial charge on any atom is -0.365 e. The number of nitrogens with one attached hydrogen (secondary N) is 1. The summed E-state index contributed by atoms with van der Waals surface area (Å²) in [6, 6.07) is 0. The number of halogens is 2. The van der Waals surface area contributed by atoms with Crippen LogP contribution >= 0.6 is 27.5 Å². The van der Waals surface area contributed by atoms with E-state index in [1.165, 1.54) is 17.3 Å². The first kappa shape index (κ1) is 10.7. The van der Waals surface area contributed by atoms with E-state index >= 15 is 0 Å². The maximum atomic E-state index is 11.7. The zero-order valence-electron chi connectivity index (χ0n) is 7.67. The molecule has 1 N–H and O–H groups in total. The Hall–Kier alpha value is -0.810. The van der Waals surface area contributed by atoms with E-state index in [1.807, 2.05) is 0 Å². The highest BCUT2D eigenvalue weighted by Crippen LogP contribution is 2.21. The van der Waals surface area contributed by atoms with E-state index in [1.54, 1.807) is 0 Å². The van der Waals surface area contributed by atoms with Crippen molar-refractivity contribution in [1.29, 1.82) is 0 Å². The van der Waals surface area contributed by atoms with Crippen molar-refractivity contribution >= 4 is 39.1 Å². The summed E-state index contributed by atoms with van der Waals surface area (Å²) in [6.07, 6.45) is 3.33. The van der Waals surface area contributed by atoms with Gasteiger partial charge in [-0.15, -0.1) is 11.6 Å². The topological polar surface area (TPSA) is 53.2 Å². The second-order valence-electron chi connectivity index (χ2n) is 3.32. The molecule has 1 fully saturated rings. The number of anilines is 1. The van der Waals surface area contributed by atoms with Gasteiger partial charge in [-0.05, 0) is 15.9 Å². The molecule has 6 heteroatoms. The molecule has 4 nitrogen and oxygen atoms in total. The van der Waals surface area contributed by atoms with Crippen LogP contribution in [-0.2, 0) is 4.79 Å². The van der Waals surface area contributed by atoms with Gasteiger partial charge in [-0.2, -0.15) is 0 Å². The molecule has 1 unspecified atom stereocenters. The lowest BCUT2D eigenvalue weighted by molar-refractivity contribution is -0.117. The van der Waals surface area contributed by atoms with Crippen LogP contribution in [0.4, 0.5) is 5.69 Å². The van der Waals surface area contributed by atoms with E-state index in [-0.39, 0.29) is 23.1 Å². The molecule has 1 aromatic rings. The molecule has 1 atom stereocenters. The van der Waals surface area contributed by atoms with Gasteiger partial charge in [0.15, 0.2) is 0 Å². The summed E-state index contributed by atoms with van der Waals surface area (Å²) in [7, 11) is 0. The molecule has 1 amide bonds. The molecule has 2 rings (SSSR count). The van der Waals surface area contributed by atoms with E-state index < -0.39 is 0 Å². The van der Waals surface area contributed by atoms with Crippen LogP contribution in [0.25, 0.3) is 0 Å². The second-order valence-corrected chi connectivity index (χ2v) is 4.79. The van der Waals surface area contributed by atoms with Crippen molar-refractivity contribution in [2.24, 2.45) is 0 Å². The molecule has 0 bridgehead atoms. The number of pyridine rings is 1. The smallest absolute Gasteiger partial charge is 0.228 e. The lowest BCUT2D eigenvalue weighted by Crippen LogP contribution is -2.29. The molecule has 0 saturated carbocycles. The predicted molar refractivity (Wildman–Crippen MR) is 61.4 cm³/mol. The van der Waals surface area contributed by atoms with Crippen LogP contribution in [0.5, 0.6) is 0 Å². The Kier molecular flexibility index (Phi) is 2.84. The fraction of sp³-hybridized carbons (Fsp3) is 0.333. The van der Waals surface area contributed by atoms with Gasteiger partial charge in [-0.25, -0.2) is 0 Å². The Morgan fingerprint density at radius 2 is 2.20 bits per heavy atom. The Bertz CT molecular complexity index is 460. The van der Waals surface area contributed by atoms with Gasteiger partial charge >= 0.3 is 0 Å². The first-order valence-electron chi connectivity index (χ1n) is 4.40. The summed E-state index contributed by atoms with van der Waals surface area (Å²) in [5, 5.41) is -0.212. The molecule has 0 spiro atoms. The number of rotatable bonds is 1. The van der Waals surface area contributed by atoms with Crippen molar-refractivity contribution in [2.75, 3.05) is 11.4 Å². The number of aromatic nitrogens is 1. The fourth-order valence-electron chi connectivity index (χ4n) is 1.54. The Labute approximate surface area is 99.4 Å². The van der Waals surface area contributed by atoms with Gasteiger partial charge < -0.3 is 9.88 Å². The van der Waals surface area contributed by atoms with Crippen molar-refractivity contribution in [3.05, 3.63) is 27.1 Å². The van der Waals surface area contributed by atoms with Gasteiger partial charge in [0.1, 0.15) is 5.69 Å². The van der Waals surface area contributed by atoms with Gasteiger partial charge in [0.2, 0.25) is 11.3 Å². The van der Waals surface area contributed by atoms with Gasteiger partial charge in [-0.1, -0.05) is 0 Å². The minimum absolute atomic E-state index is 0.112. The summed E-state index contributed by atoms with van der Waals surface area (Å²) in [4.78, 5) is 27.4. The van der Waals surface area contributed by atoms with Crippen LogP contribution in [0.3, 0.4) is 0 Å². The highest BCUT2D eigenvalue weighted by molar-refractivity contribution is 9.10. The third-order valence-corrected chi connectivity index (χ3v) is 3.13. The van der Waals surface area contributed by atoms with Gasteiger partial charge in [-0.3, -0.25) is 9.59 Å². The standard InChI is InChI=1S/C9H8BrClN2O2/c10-6-2-12-3-7(9(6)15)13-4-5(11)1-8(13)14/h2-3,5H,1,4H2,(H,12,15). The van der Waals surface area contributed by atoms with Crippen LogP contribution in [0.1, 0.15) is 6.42 Å². The molecule has 1 aliphatic rings. The Morgan fingerprint density at radius 3 is 2.80 bits per heavy atom. The summed E-state index contributed by atoms with van der Waals surface area (Å²) < 4.78 is 0.408. The molecule has 2 heterocycles.